The van der Waals surface area contributed by atoms with E-state index in [1.54, 1.807) is 4.90 Å². The highest BCUT2D eigenvalue weighted by Gasteiger charge is 2.38. The topological polar surface area (TPSA) is 49.4 Å². The zero-order valence-corrected chi connectivity index (χ0v) is 14.6. The molecule has 24 heavy (non-hydrogen) atoms. The first-order valence-corrected chi connectivity index (χ1v) is 9.22. The van der Waals surface area contributed by atoms with Crippen LogP contribution in [0.5, 0.6) is 0 Å². The Bertz CT molecular complexity index is 775. The maximum atomic E-state index is 13.2. The molecular weight excluding hydrogens is 320 g/mol. The summed E-state index contributed by atoms with van der Waals surface area (Å²) >= 11 is 1.54. The molecule has 0 saturated carbocycles. The Labute approximate surface area is 146 Å². The van der Waals surface area contributed by atoms with Crippen LogP contribution in [0.25, 0.3) is 0 Å². The summed E-state index contributed by atoms with van der Waals surface area (Å²) in [5.41, 5.74) is 2.49. The number of hydrogen-bond acceptors (Lipinski definition) is 3. The van der Waals surface area contributed by atoms with Crippen LogP contribution in [0.15, 0.2) is 53.4 Å². The summed E-state index contributed by atoms with van der Waals surface area (Å²) in [5, 5.41) is 2.85. The van der Waals surface area contributed by atoms with Gasteiger partial charge in [-0.2, -0.15) is 0 Å². The molecule has 1 aliphatic heterocycles. The zero-order valence-electron chi connectivity index (χ0n) is 13.8. The number of hydrogen-bond donors (Lipinski definition) is 1. The summed E-state index contributed by atoms with van der Waals surface area (Å²) in [6.07, 6.45) is 2.50. The van der Waals surface area contributed by atoms with E-state index in [1.807, 2.05) is 61.7 Å². The van der Waals surface area contributed by atoms with Gasteiger partial charge < -0.3 is 5.32 Å². The highest BCUT2D eigenvalue weighted by Crippen LogP contribution is 2.34. The van der Waals surface area contributed by atoms with Gasteiger partial charge in [0.25, 0.3) is 5.91 Å². The predicted molar refractivity (Wildman–Crippen MR) is 97.7 cm³/mol. The molecule has 0 fully saturated rings. The van der Waals surface area contributed by atoms with Crippen molar-refractivity contribution in [3.63, 3.8) is 0 Å². The molecule has 4 nitrogen and oxygen atoms in total. The molecule has 0 aliphatic carbocycles. The van der Waals surface area contributed by atoms with Crippen LogP contribution in [-0.4, -0.2) is 30.7 Å². The molecule has 1 unspecified atom stereocenters. The third-order valence-corrected chi connectivity index (χ3v) is 4.98. The summed E-state index contributed by atoms with van der Waals surface area (Å²) in [6, 6.07) is 14.8. The minimum Gasteiger partial charge on any atom is -0.355 e. The van der Waals surface area contributed by atoms with Crippen LogP contribution in [0.4, 0.5) is 5.69 Å². The second-order valence-electron chi connectivity index (χ2n) is 5.62. The number of nitrogens with one attached hydrogen (secondary N) is 1. The minimum atomic E-state index is -0.496. The average Bonchev–Trinajstić information content (AvgIpc) is 3.01. The Morgan fingerprint density at radius 2 is 1.88 bits per heavy atom. The van der Waals surface area contributed by atoms with Gasteiger partial charge in [0.05, 0.1) is 5.56 Å². The summed E-state index contributed by atoms with van der Waals surface area (Å²) in [4.78, 5) is 28.3. The molecule has 2 aromatic rings. The monoisotopic (exact) mass is 340 g/mol. The van der Waals surface area contributed by atoms with Crippen molar-refractivity contribution < 1.29 is 9.59 Å². The fourth-order valence-electron chi connectivity index (χ4n) is 3.09. The molecule has 2 aromatic carbocycles. The lowest BCUT2D eigenvalue weighted by atomic mass is 10.1. The maximum absolute atomic E-state index is 13.2. The van der Waals surface area contributed by atoms with Gasteiger partial charge in [0.2, 0.25) is 5.91 Å². The first-order chi connectivity index (χ1) is 11.7. The van der Waals surface area contributed by atoms with Gasteiger partial charge in [-0.25, -0.2) is 0 Å². The Morgan fingerprint density at radius 3 is 2.62 bits per heavy atom. The number of nitrogens with zero attached hydrogens (tertiary/aromatic N) is 1. The average molecular weight is 340 g/mol. The molecule has 2 amide bonds. The van der Waals surface area contributed by atoms with E-state index in [2.05, 4.69) is 5.32 Å². The molecule has 3 rings (SSSR count). The fraction of sp³-hybridized carbons (Fsp3) is 0.263. The maximum Gasteiger partial charge on any atom is 0.260 e. The van der Waals surface area contributed by atoms with E-state index >= 15 is 0 Å². The van der Waals surface area contributed by atoms with Gasteiger partial charge in [0, 0.05) is 23.5 Å². The van der Waals surface area contributed by atoms with Crippen molar-refractivity contribution in [3.05, 3.63) is 59.7 Å². The van der Waals surface area contributed by atoms with E-state index in [-0.39, 0.29) is 11.8 Å². The molecule has 1 atom stereocenters. The van der Waals surface area contributed by atoms with Crippen LogP contribution >= 0.6 is 11.8 Å². The van der Waals surface area contributed by atoms with Crippen LogP contribution in [-0.2, 0) is 11.2 Å². The zero-order chi connectivity index (χ0) is 17.1. The molecule has 1 aliphatic rings. The number of para-hydroxylation sites is 1. The summed E-state index contributed by atoms with van der Waals surface area (Å²) in [7, 11) is 0. The highest BCUT2D eigenvalue weighted by atomic mass is 32.2. The highest BCUT2D eigenvalue weighted by molar-refractivity contribution is 7.98. The van der Waals surface area contributed by atoms with E-state index in [0.717, 1.165) is 16.1 Å². The van der Waals surface area contributed by atoms with Crippen LogP contribution in [0.3, 0.4) is 0 Å². The number of fused-ring (bicyclic) bond motifs is 1. The molecule has 5 heteroatoms. The first kappa shape index (κ1) is 16.6. The Kier molecular flexibility index (Phi) is 4.90. The molecule has 0 radical (unpaired) electrons. The SMILES string of the molecule is CCNC(=O)C1Cc2ccccc2N1C(=O)c1ccccc1SC. The Morgan fingerprint density at radius 1 is 1.17 bits per heavy atom. The van der Waals surface area contributed by atoms with Crippen molar-refractivity contribution in [2.45, 2.75) is 24.3 Å². The van der Waals surface area contributed by atoms with Crippen molar-refractivity contribution in [1.82, 2.24) is 5.32 Å². The quantitative estimate of drug-likeness (QED) is 0.870. The van der Waals surface area contributed by atoms with Gasteiger partial charge in [-0.1, -0.05) is 30.3 Å². The van der Waals surface area contributed by atoms with Crippen molar-refractivity contribution >= 4 is 29.3 Å². The summed E-state index contributed by atoms with van der Waals surface area (Å²) in [5.74, 6) is -0.232. The summed E-state index contributed by atoms with van der Waals surface area (Å²) < 4.78 is 0. The number of thioether (sulfide) groups is 1. The molecule has 0 saturated heterocycles. The van der Waals surface area contributed by atoms with Gasteiger partial charge in [0.1, 0.15) is 6.04 Å². The normalized spacial score (nSPS) is 15.9. The number of rotatable bonds is 4. The van der Waals surface area contributed by atoms with Gasteiger partial charge in [-0.05, 0) is 36.9 Å². The van der Waals surface area contributed by atoms with Crippen molar-refractivity contribution in [2.75, 3.05) is 17.7 Å². The van der Waals surface area contributed by atoms with Gasteiger partial charge in [-0.3, -0.25) is 14.5 Å². The molecule has 1 N–H and O–H groups in total. The first-order valence-electron chi connectivity index (χ1n) is 7.99. The number of likely N-dealkylation sites (N-methyl/N-ethyl adjacent to an activating group) is 1. The van der Waals surface area contributed by atoms with Crippen LogP contribution in [0.2, 0.25) is 0 Å². The largest absolute Gasteiger partial charge is 0.355 e. The Hall–Kier alpha value is -2.27. The number of carbonyl (C=O) groups is 2. The molecule has 124 valence electrons. The van der Waals surface area contributed by atoms with Crippen molar-refractivity contribution in [3.8, 4) is 0 Å². The third-order valence-electron chi connectivity index (χ3n) is 4.19. The molecule has 0 spiro atoms. The van der Waals surface area contributed by atoms with E-state index in [9.17, 15) is 9.59 Å². The number of anilines is 1. The lowest BCUT2D eigenvalue weighted by molar-refractivity contribution is -0.122. The van der Waals surface area contributed by atoms with E-state index in [0.29, 0.717) is 18.5 Å². The van der Waals surface area contributed by atoms with E-state index in [4.69, 9.17) is 0 Å². The van der Waals surface area contributed by atoms with Crippen molar-refractivity contribution in [2.24, 2.45) is 0 Å². The number of amides is 2. The third kappa shape index (κ3) is 2.91. The molecule has 0 aromatic heterocycles. The van der Waals surface area contributed by atoms with Gasteiger partial charge in [0.15, 0.2) is 0 Å². The van der Waals surface area contributed by atoms with Crippen LogP contribution in [0.1, 0.15) is 22.8 Å². The second kappa shape index (κ2) is 7.09. The standard InChI is InChI=1S/C19H20N2O2S/c1-3-20-18(22)16-12-13-8-4-6-10-15(13)21(16)19(23)14-9-5-7-11-17(14)24-2/h4-11,16H,3,12H2,1-2H3,(H,20,22). The molecule has 0 bridgehead atoms. The smallest absolute Gasteiger partial charge is 0.260 e. The lowest BCUT2D eigenvalue weighted by Crippen LogP contribution is -2.48. The van der Waals surface area contributed by atoms with Gasteiger partial charge in [-0.15, -0.1) is 11.8 Å². The van der Waals surface area contributed by atoms with Crippen LogP contribution < -0.4 is 10.2 Å². The van der Waals surface area contributed by atoms with Gasteiger partial charge >= 0.3 is 0 Å². The van der Waals surface area contributed by atoms with Crippen molar-refractivity contribution in [1.29, 1.82) is 0 Å². The molecule has 1 heterocycles. The summed E-state index contributed by atoms with van der Waals surface area (Å²) in [6.45, 7) is 2.43. The predicted octanol–water partition coefficient (Wildman–Crippen LogP) is 3.12. The molecular formula is C19H20N2O2S. The number of benzene rings is 2. The van der Waals surface area contributed by atoms with Crippen LogP contribution in [0, 0.1) is 0 Å². The van der Waals surface area contributed by atoms with E-state index < -0.39 is 6.04 Å². The van der Waals surface area contributed by atoms with E-state index in [1.165, 1.54) is 11.8 Å². The fourth-order valence-corrected chi connectivity index (χ4v) is 3.68. The second-order valence-corrected chi connectivity index (χ2v) is 6.47. The lowest BCUT2D eigenvalue weighted by Gasteiger charge is -2.25. The Balaban J connectivity index is 2.04. The minimum absolute atomic E-state index is 0.108. The number of carbonyl (C=O) groups excluding carboxylic acids is 2.